The van der Waals surface area contributed by atoms with Crippen LogP contribution in [-0.2, 0) is 9.59 Å². The van der Waals surface area contributed by atoms with Gasteiger partial charge in [-0.2, -0.15) is 0 Å². The summed E-state index contributed by atoms with van der Waals surface area (Å²) in [5, 5.41) is 12.7. The Morgan fingerprint density at radius 2 is 2.04 bits per heavy atom. The summed E-state index contributed by atoms with van der Waals surface area (Å²) in [6.45, 7) is 0.243. The Balaban J connectivity index is 1.43. The normalized spacial score (nSPS) is 17.8. The summed E-state index contributed by atoms with van der Waals surface area (Å²) < 4.78 is 5.60. The third-order valence-electron chi connectivity index (χ3n) is 4.97. The summed E-state index contributed by atoms with van der Waals surface area (Å²) >= 11 is 1.44. The fourth-order valence-electron chi connectivity index (χ4n) is 3.60. The van der Waals surface area contributed by atoms with Gasteiger partial charge in [0.2, 0.25) is 16.9 Å². The molecule has 142 valence electrons. The predicted octanol–water partition coefficient (Wildman–Crippen LogP) is 3.34. The highest BCUT2D eigenvalue weighted by Crippen LogP contribution is 2.35. The van der Waals surface area contributed by atoms with Crippen LogP contribution in [-0.4, -0.2) is 35.2 Å². The smallest absolute Gasteiger partial charge is 0.246 e. The zero-order valence-corrected chi connectivity index (χ0v) is 15.8. The molecule has 1 aromatic carbocycles. The highest BCUT2D eigenvalue weighted by Gasteiger charge is 2.26. The maximum atomic E-state index is 12.5. The number of fused-ring (bicyclic) bond motifs is 1. The molecule has 2 aliphatic rings. The molecule has 0 bridgehead atoms. The lowest BCUT2D eigenvalue weighted by Crippen LogP contribution is -2.37. The zero-order chi connectivity index (χ0) is 18.6. The number of hydrogen-bond donors (Lipinski definition) is 1. The summed E-state index contributed by atoms with van der Waals surface area (Å²) in [6, 6.07) is 7.27. The topological polar surface area (TPSA) is 84.4 Å². The number of anilines is 2. The Hall–Kier alpha value is -2.48. The van der Waals surface area contributed by atoms with Crippen LogP contribution in [0.5, 0.6) is 5.75 Å². The van der Waals surface area contributed by atoms with Crippen molar-refractivity contribution in [2.45, 2.75) is 44.4 Å². The standard InChI is InChI=1S/C19H22N4O3S/c24-16(20-19-22-21-18(27-19)13-6-2-1-3-7-13)12-23-14-8-4-5-9-15(14)26-11-10-17(23)25/h4-5,8-9,13H,1-3,6-7,10-12H2,(H,20,22,24). The first-order valence-electron chi connectivity index (χ1n) is 9.36. The van der Waals surface area contributed by atoms with Crippen LogP contribution >= 0.6 is 11.3 Å². The molecule has 1 aliphatic heterocycles. The van der Waals surface area contributed by atoms with Gasteiger partial charge in [0, 0.05) is 5.92 Å². The average Bonchev–Trinajstić information content (AvgIpc) is 3.09. The number of carbonyl (C=O) groups excluding carboxylic acids is 2. The fourth-order valence-corrected chi connectivity index (χ4v) is 4.52. The van der Waals surface area contributed by atoms with Crippen molar-refractivity contribution >= 4 is 34.0 Å². The lowest BCUT2D eigenvalue weighted by molar-refractivity contribution is -0.121. The van der Waals surface area contributed by atoms with Gasteiger partial charge in [0.1, 0.15) is 17.3 Å². The van der Waals surface area contributed by atoms with Crippen molar-refractivity contribution in [2.75, 3.05) is 23.4 Å². The number of nitrogens with zero attached hydrogens (tertiary/aromatic N) is 3. The predicted molar refractivity (Wildman–Crippen MR) is 103 cm³/mol. The van der Waals surface area contributed by atoms with Gasteiger partial charge < -0.3 is 4.74 Å². The van der Waals surface area contributed by atoms with E-state index in [0.717, 1.165) is 17.8 Å². The van der Waals surface area contributed by atoms with Crippen LogP contribution in [0.2, 0.25) is 0 Å². The van der Waals surface area contributed by atoms with E-state index < -0.39 is 0 Å². The molecule has 1 aromatic heterocycles. The van der Waals surface area contributed by atoms with Gasteiger partial charge in [-0.3, -0.25) is 19.8 Å². The van der Waals surface area contributed by atoms with Gasteiger partial charge in [-0.15, -0.1) is 10.2 Å². The summed E-state index contributed by atoms with van der Waals surface area (Å²) in [5.41, 5.74) is 0.621. The SMILES string of the molecule is O=C(CN1C(=O)CCOc2ccccc21)Nc1nnc(C2CCCCC2)s1. The molecule has 0 spiro atoms. The quantitative estimate of drug-likeness (QED) is 0.871. The monoisotopic (exact) mass is 386 g/mol. The van der Waals surface area contributed by atoms with E-state index in [0.29, 0.717) is 29.1 Å². The maximum absolute atomic E-state index is 12.5. The van der Waals surface area contributed by atoms with E-state index in [2.05, 4.69) is 15.5 Å². The number of aromatic nitrogens is 2. The molecule has 7 nitrogen and oxygen atoms in total. The Morgan fingerprint density at radius 3 is 2.89 bits per heavy atom. The molecule has 0 atom stereocenters. The third-order valence-corrected chi connectivity index (χ3v) is 5.97. The molecule has 2 aromatic rings. The van der Waals surface area contributed by atoms with Gasteiger partial charge in [0.15, 0.2) is 0 Å². The van der Waals surface area contributed by atoms with Gasteiger partial charge in [-0.25, -0.2) is 0 Å². The minimum atomic E-state index is -0.286. The molecule has 1 aliphatic carbocycles. The molecule has 2 amide bonds. The van der Waals surface area contributed by atoms with Gasteiger partial charge in [-0.1, -0.05) is 42.7 Å². The van der Waals surface area contributed by atoms with E-state index in [1.807, 2.05) is 12.1 Å². The Labute approximate surface area is 161 Å². The van der Waals surface area contributed by atoms with Crippen molar-refractivity contribution < 1.29 is 14.3 Å². The van der Waals surface area contributed by atoms with Crippen molar-refractivity contribution in [1.29, 1.82) is 0 Å². The van der Waals surface area contributed by atoms with Crippen molar-refractivity contribution in [3.63, 3.8) is 0 Å². The molecule has 0 radical (unpaired) electrons. The summed E-state index contributed by atoms with van der Waals surface area (Å²) in [6.07, 6.45) is 6.26. The second-order valence-electron chi connectivity index (χ2n) is 6.87. The molecule has 0 unspecified atom stereocenters. The van der Waals surface area contributed by atoms with Crippen LogP contribution in [0.25, 0.3) is 0 Å². The van der Waals surface area contributed by atoms with Gasteiger partial charge in [0.25, 0.3) is 0 Å². The number of hydrogen-bond acceptors (Lipinski definition) is 6. The Morgan fingerprint density at radius 1 is 1.22 bits per heavy atom. The van der Waals surface area contributed by atoms with Crippen LogP contribution < -0.4 is 15.0 Å². The minimum Gasteiger partial charge on any atom is -0.491 e. The molecule has 1 N–H and O–H groups in total. The summed E-state index contributed by atoms with van der Waals surface area (Å²) in [4.78, 5) is 26.4. The highest BCUT2D eigenvalue weighted by atomic mass is 32.1. The van der Waals surface area contributed by atoms with Gasteiger partial charge >= 0.3 is 0 Å². The van der Waals surface area contributed by atoms with E-state index in [1.54, 1.807) is 12.1 Å². The lowest BCUT2D eigenvalue weighted by atomic mass is 9.90. The molecule has 0 saturated heterocycles. The molecule has 4 rings (SSSR count). The Bertz CT molecular complexity index is 832. The van der Waals surface area contributed by atoms with E-state index in [1.165, 1.54) is 35.5 Å². The largest absolute Gasteiger partial charge is 0.491 e. The van der Waals surface area contributed by atoms with Crippen molar-refractivity contribution in [1.82, 2.24) is 10.2 Å². The molecule has 8 heteroatoms. The van der Waals surface area contributed by atoms with E-state index >= 15 is 0 Å². The van der Waals surface area contributed by atoms with Crippen LogP contribution in [0.15, 0.2) is 24.3 Å². The van der Waals surface area contributed by atoms with Crippen LogP contribution in [0.3, 0.4) is 0 Å². The van der Waals surface area contributed by atoms with Gasteiger partial charge in [-0.05, 0) is 25.0 Å². The molecule has 1 saturated carbocycles. The molecule has 27 heavy (non-hydrogen) atoms. The number of benzene rings is 1. The van der Waals surface area contributed by atoms with Gasteiger partial charge in [0.05, 0.1) is 18.7 Å². The number of carbonyl (C=O) groups is 2. The molecule has 1 fully saturated rings. The van der Waals surface area contributed by atoms with E-state index in [9.17, 15) is 9.59 Å². The summed E-state index contributed by atoms with van der Waals surface area (Å²) in [7, 11) is 0. The first kappa shape index (κ1) is 17.9. The highest BCUT2D eigenvalue weighted by molar-refractivity contribution is 7.15. The van der Waals surface area contributed by atoms with Crippen molar-refractivity contribution in [3.8, 4) is 5.75 Å². The minimum absolute atomic E-state index is 0.0719. The fraction of sp³-hybridized carbons (Fsp3) is 0.474. The lowest BCUT2D eigenvalue weighted by Gasteiger charge is -2.20. The molecular weight excluding hydrogens is 364 g/mol. The van der Waals surface area contributed by atoms with Crippen molar-refractivity contribution in [3.05, 3.63) is 29.3 Å². The molecule has 2 heterocycles. The second kappa shape index (κ2) is 8.04. The first-order chi connectivity index (χ1) is 13.2. The molecular formula is C19H22N4O3S. The summed E-state index contributed by atoms with van der Waals surface area (Å²) in [5.74, 6) is 0.659. The van der Waals surface area contributed by atoms with Crippen LogP contribution in [0, 0.1) is 0 Å². The number of ether oxygens (including phenoxy) is 1. The first-order valence-corrected chi connectivity index (χ1v) is 10.2. The number of amides is 2. The number of nitrogens with one attached hydrogen (secondary N) is 1. The van der Waals surface area contributed by atoms with E-state index in [-0.39, 0.29) is 24.8 Å². The van der Waals surface area contributed by atoms with Crippen LogP contribution in [0.4, 0.5) is 10.8 Å². The van der Waals surface area contributed by atoms with Crippen molar-refractivity contribution in [2.24, 2.45) is 0 Å². The number of para-hydroxylation sites is 2. The van der Waals surface area contributed by atoms with E-state index in [4.69, 9.17) is 4.74 Å². The Kier molecular flexibility index (Phi) is 5.33. The average molecular weight is 386 g/mol. The number of rotatable bonds is 4. The third kappa shape index (κ3) is 4.10. The second-order valence-corrected chi connectivity index (χ2v) is 7.88. The van der Waals surface area contributed by atoms with Crippen LogP contribution in [0.1, 0.15) is 49.5 Å². The zero-order valence-electron chi connectivity index (χ0n) is 15.0. The maximum Gasteiger partial charge on any atom is 0.246 e.